The van der Waals surface area contributed by atoms with E-state index in [9.17, 15) is 20.2 Å². The topological polar surface area (TPSA) is 108 Å². The lowest BCUT2D eigenvalue weighted by Crippen LogP contribution is -2.36. The number of ether oxygens (including phenoxy) is 1. The van der Waals surface area contributed by atoms with Crippen LogP contribution < -0.4 is 10.2 Å². The van der Waals surface area contributed by atoms with Gasteiger partial charge in [-0.3, -0.25) is 14.9 Å². The maximum absolute atomic E-state index is 12.4. The van der Waals surface area contributed by atoms with Crippen LogP contribution in [0, 0.1) is 21.4 Å². The summed E-state index contributed by atoms with van der Waals surface area (Å²) in [5.74, 6) is -0.616. The summed E-state index contributed by atoms with van der Waals surface area (Å²) < 4.78 is 5.29. The van der Waals surface area contributed by atoms with Gasteiger partial charge in [0.2, 0.25) is 0 Å². The normalized spacial score (nSPS) is 14.2. The third kappa shape index (κ3) is 5.10. The number of amides is 1. The number of nitriles is 1. The third-order valence-electron chi connectivity index (χ3n) is 4.33. The van der Waals surface area contributed by atoms with Crippen molar-refractivity contribution >= 4 is 40.6 Å². The Morgan fingerprint density at radius 2 is 1.93 bits per heavy atom. The van der Waals surface area contributed by atoms with E-state index in [0.717, 1.165) is 0 Å². The van der Waals surface area contributed by atoms with Crippen LogP contribution in [-0.4, -0.2) is 37.1 Å². The molecule has 8 nitrogen and oxygen atoms in total. The molecule has 0 aromatic heterocycles. The first-order chi connectivity index (χ1) is 14.0. The fourth-order valence-corrected chi connectivity index (χ4v) is 3.02. The molecule has 3 rings (SSSR count). The van der Waals surface area contributed by atoms with E-state index in [1.165, 1.54) is 12.1 Å². The predicted molar refractivity (Wildman–Crippen MR) is 110 cm³/mol. The van der Waals surface area contributed by atoms with Crippen molar-refractivity contribution in [2.45, 2.75) is 0 Å². The quantitative estimate of drug-likeness (QED) is 0.347. The Morgan fingerprint density at radius 1 is 1.24 bits per heavy atom. The van der Waals surface area contributed by atoms with E-state index in [4.69, 9.17) is 16.3 Å². The number of benzene rings is 2. The largest absolute Gasteiger partial charge is 0.378 e. The zero-order valence-corrected chi connectivity index (χ0v) is 16.1. The Balaban J connectivity index is 1.85. The number of carbonyl (C=O) groups excluding carboxylic acids is 1. The molecule has 1 aliphatic rings. The highest BCUT2D eigenvalue weighted by atomic mass is 35.5. The molecular formula is C20H17ClN4O4. The van der Waals surface area contributed by atoms with E-state index in [1.54, 1.807) is 36.4 Å². The summed E-state index contributed by atoms with van der Waals surface area (Å²) in [6, 6.07) is 12.9. The van der Waals surface area contributed by atoms with Crippen molar-refractivity contribution in [1.82, 2.24) is 0 Å². The lowest BCUT2D eigenvalue weighted by atomic mass is 10.1. The Labute approximate surface area is 172 Å². The van der Waals surface area contributed by atoms with E-state index in [-0.39, 0.29) is 11.3 Å². The van der Waals surface area contributed by atoms with E-state index < -0.39 is 10.8 Å². The van der Waals surface area contributed by atoms with Crippen molar-refractivity contribution < 1.29 is 14.5 Å². The van der Waals surface area contributed by atoms with Crippen LogP contribution in [0.1, 0.15) is 5.56 Å². The van der Waals surface area contributed by atoms with Crippen molar-refractivity contribution in [2.75, 3.05) is 36.5 Å². The van der Waals surface area contributed by atoms with Crippen LogP contribution >= 0.6 is 11.6 Å². The number of nitro groups is 1. The minimum absolute atomic E-state index is 0.0870. The molecule has 1 amide bonds. The van der Waals surface area contributed by atoms with Crippen LogP contribution in [-0.2, 0) is 9.53 Å². The smallest absolute Gasteiger partial charge is 0.293 e. The minimum Gasteiger partial charge on any atom is -0.378 e. The summed E-state index contributed by atoms with van der Waals surface area (Å²) in [7, 11) is 0. The fourth-order valence-electron chi connectivity index (χ4n) is 2.90. The number of halogens is 1. The molecule has 29 heavy (non-hydrogen) atoms. The van der Waals surface area contributed by atoms with Gasteiger partial charge in [-0.2, -0.15) is 5.26 Å². The second kappa shape index (κ2) is 9.19. The Morgan fingerprint density at radius 3 is 2.55 bits per heavy atom. The Hall–Kier alpha value is -3.41. The summed E-state index contributed by atoms with van der Waals surface area (Å²) in [5, 5.41) is 24.0. The number of hydrogen-bond acceptors (Lipinski definition) is 6. The lowest BCUT2D eigenvalue weighted by Gasteiger charge is -2.28. The van der Waals surface area contributed by atoms with Gasteiger partial charge in [0, 0.05) is 29.9 Å². The van der Waals surface area contributed by atoms with Gasteiger partial charge in [0.05, 0.1) is 18.1 Å². The summed E-state index contributed by atoms with van der Waals surface area (Å²) in [4.78, 5) is 25.3. The molecule has 1 N–H and O–H groups in total. The van der Waals surface area contributed by atoms with Crippen molar-refractivity contribution in [1.29, 1.82) is 5.26 Å². The minimum atomic E-state index is -0.616. The van der Waals surface area contributed by atoms with Crippen molar-refractivity contribution in [3.8, 4) is 6.07 Å². The van der Waals surface area contributed by atoms with E-state index >= 15 is 0 Å². The van der Waals surface area contributed by atoms with Crippen molar-refractivity contribution in [2.24, 2.45) is 0 Å². The maximum atomic E-state index is 12.4. The van der Waals surface area contributed by atoms with Crippen LogP contribution in [0.5, 0.6) is 0 Å². The average Bonchev–Trinajstić information content (AvgIpc) is 2.74. The Bertz CT molecular complexity index is 993. The molecule has 0 aliphatic carbocycles. The number of nitro benzene ring substituents is 1. The van der Waals surface area contributed by atoms with Crippen molar-refractivity contribution in [3.63, 3.8) is 0 Å². The number of anilines is 2. The first-order valence-electron chi connectivity index (χ1n) is 8.78. The molecule has 1 heterocycles. The molecule has 0 spiro atoms. The SMILES string of the molecule is N#C/C(=C/c1ccc(N2CCOCC2)c([N+](=O)[O-])c1)C(=O)Nc1ccc(Cl)cc1. The fraction of sp³-hybridized carbons (Fsp3) is 0.200. The molecule has 0 atom stereocenters. The summed E-state index contributed by atoms with van der Waals surface area (Å²) in [6.45, 7) is 2.12. The van der Waals surface area contributed by atoms with Crippen molar-refractivity contribution in [3.05, 3.63) is 68.7 Å². The summed E-state index contributed by atoms with van der Waals surface area (Å²) in [5.41, 5.74) is 1.09. The molecule has 2 aromatic rings. The van der Waals surface area contributed by atoms with Crippen LogP contribution in [0.4, 0.5) is 17.1 Å². The number of nitrogens with zero attached hydrogens (tertiary/aromatic N) is 3. The highest BCUT2D eigenvalue weighted by Gasteiger charge is 2.22. The molecule has 1 fully saturated rings. The molecule has 1 saturated heterocycles. The number of nitrogens with one attached hydrogen (secondary N) is 1. The zero-order valence-electron chi connectivity index (χ0n) is 15.3. The average molecular weight is 413 g/mol. The zero-order chi connectivity index (χ0) is 20.8. The van der Waals surface area contributed by atoms with Crippen LogP contribution in [0.2, 0.25) is 5.02 Å². The highest BCUT2D eigenvalue weighted by Crippen LogP contribution is 2.30. The van der Waals surface area contributed by atoms with Crippen LogP contribution in [0.25, 0.3) is 6.08 Å². The summed E-state index contributed by atoms with van der Waals surface area (Å²) in [6.07, 6.45) is 1.32. The molecular weight excluding hydrogens is 396 g/mol. The Kier molecular flexibility index (Phi) is 6.44. The number of hydrogen-bond donors (Lipinski definition) is 1. The lowest BCUT2D eigenvalue weighted by molar-refractivity contribution is -0.384. The van der Waals surface area contributed by atoms with E-state index in [2.05, 4.69) is 5.32 Å². The number of rotatable bonds is 5. The molecule has 2 aromatic carbocycles. The molecule has 0 bridgehead atoms. The third-order valence-corrected chi connectivity index (χ3v) is 4.58. The van der Waals surface area contributed by atoms with Gasteiger partial charge in [0.15, 0.2) is 0 Å². The molecule has 9 heteroatoms. The van der Waals surface area contributed by atoms with Gasteiger partial charge in [0.1, 0.15) is 17.3 Å². The van der Waals surface area contributed by atoms with E-state index in [0.29, 0.717) is 48.3 Å². The highest BCUT2D eigenvalue weighted by molar-refractivity contribution is 6.30. The monoisotopic (exact) mass is 412 g/mol. The maximum Gasteiger partial charge on any atom is 0.293 e. The van der Waals surface area contributed by atoms with Crippen LogP contribution in [0.3, 0.4) is 0 Å². The second-order valence-electron chi connectivity index (χ2n) is 6.24. The standard InChI is InChI=1S/C20H17ClN4O4/c21-16-2-4-17(5-3-16)23-20(26)15(13-22)11-14-1-6-18(19(12-14)25(27)28)24-7-9-29-10-8-24/h1-6,11-12H,7-10H2,(H,23,26)/b15-11-. The van der Waals surface area contributed by atoms with Gasteiger partial charge in [-0.25, -0.2) is 0 Å². The van der Waals surface area contributed by atoms with Gasteiger partial charge < -0.3 is 15.0 Å². The first-order valence-corrected chi connectivity index (χ1v) is 9.15. The molecule has 148 valence electrons. The molecule has 0 saturated carbocycles. The van der Waals surface area contributed by atoms with Gasteiger partial charge >= 0.3 is 0 Å². The molecule has 0 radical (unpaired) electrons. The number of morpholine rings is 1. The van der Waals surface area contributed by atoms with Gasteiger partial charge in [-0.05, 0) is 42.0 Å². The van der Waals surface area contributed by atoms with Crippen LogP contribution in [0.15, 0.2) is 48.0 Å². The first kappa shape index (κ1) is 20.3. The predicted octanol–water partition coefficient (Wildman–Crippen LogP) is 3.63. The second-order valence-corrected chi connectivity index (χ2v) is 6.67. The number of carbonyl (C=O) groups is 1. The summed E-state index contributed by atoms with van der Waals surface area (Å²) >= 11 is 5.81. The van der Waals surface area contributed by atoms with Gasteiger partial charge in [-0.15, -0.1) is 0 Å². The van der Waals surface area contributed by atoms with E-state index in [1.807, 2.05) is 11.0 Å². The van der Waals surface area contributed by atoms with Gasteiger partial charge in [0.25, 0.3) is 11.6 Å². The molecule has 1 aliphatic heterocycles. The molecule has 0 unspecified atom stereocenters. The van der Waals surface area contributed by atoms with Gasteiger partial charge in [-0.1, -0.05) is 17.7 Å².